The minimum atomic E-state index is -5.19. The third-order valence-electron chi connectivity index (χ3n) is 12.7. The smallest absolute Gasteiger partial charge is 0.430 e. The molecule has 0 radical (unpaired) electrons. The number of aryl methyl sites for hydroxylation is 1. The zero-order valence-corrected chi connectivity index (χ0v) is 43.4. The highest BCUT2D eigenvalue weighted by Crippen LogP contribution is 2.41. The number of aliphatic carboxylic acids is 1. The maximum Gasteiger partial charge on any atom is 0.430 e. The minimum Gasteiger partial charge on any atom is -0.748 e. The van der Waals surface area contributed by atoms with Crippen LogP contribution in [0.5, 0.6) is 0 Å². The summed E-state index contributed by atoms with van der Waals surface area (Å²) in [5.41, 5.74) is 4.75. The number of unbranched alkanes of at least 4 members (excludes halogenated alkanes) is 2. The molecule has 0 saturated carbocycles. The number of rotatable bonds is 21. The van der Waals surface area contributed by atoms with Crippen LogP contribution in [0.2, 0.25) is 0 Å². The molecule has 2 aromatic rings. The quantitative estimate of drug-likeness (QED) is 0.0338. The van der Waals surface area contributed by atoms with E-state index in [1.807, 2.05) is 68.6 Å². The highest BCUT2D eigenvalue weighted by molar-refractivity contribution is 7.85. The molecule has 0 spiro atoms. The lowest BCUT2D eigenvalue weighted by Gasteiger charge is -2.35. The topological polar surface area (TPSA) is 280 Å². The van der Waals surface area contributed by atoms with Crippen LogP contribution in [-0.4, -0.2) is 159 Å². The number of hydrogen-bond donors (Lipinski definition) is 3. The monoisotopic (exact) mass is 1090 g/mol. The molecule has 25 heteroatoms. The normalized spacial score (nSPS) is 14.7. The van der Waals surface area contributed by atoms with Crippen LogP contribution in [0.4, 0.5) is 13.2 Å². The summed E-state index contributed by atoms with van der Waals surface area (Å²) in [6.07, 6.45) is -3.89. The lowest BCUT2D eigenvalue weighted by molar-refractivity contribution is -0.878. The number of carbonyl (C=O) groups is 8. The van der Waals surface area contributed by atoms with Gasteiger partial charge in [0, 0.05) is 86.4 Å². The van der Waals surface area contributed by atoms with Gasteiger partial charge in [0.05, 0.1) is 48.6 Å². The number of halogens is 3. The summed E-state index contributed by atoms with van der Waals surface area (Å²) in [6, 6.07) is 18.0. The number of carboxylic acid groups (broad SMARTS) is 1. The van der Waals surface area contributed by atoms with Crippen molar-refractivity contribution in [3.8, 4) is 22.5 Å². The predicted octanol–water partition coefficient (Wildman–Crippen LogP) is 0.517. The Morgan fingerprint density at radius 3 is 2.12 bits per heavy atom. The Balaban J connectivity index is 0.00000142. The predicted molar refractivity (Wildman–Crippen MR) is 264 cm³/mol. The number of fused-ring (bicyclic) bond motifs is 2. The number of nitrogens with zero attached hydrogens (tertiary/aromatic N) is 4. The number of imide groups is 1. The van der Waals surface area contributed by atoms with Gasteiger partial charge in [-0.1, -0.05) is 30.3 Å². The van der Waals surface area contributed by atoms with Crippen LogP contribution in [-0.2, 0) is 48.5 Å². The SMILES string of the molecule is CC[N+](CC)=c1ccc2c(-c3ccccc3C(=O)N3CCN(C(=O)CCC(=O)NC(CS(=O)(=O)[O-])C(=O)NCC[NH+](C)CCCCCC(=O)ON4C(=O)CCC4=O)CC3)c3ccc(C)cc3oc-2c1.O=C([O-])C(F)(F)F. The van der Waals surface area contributed by atoms with E-state index in [1.165, 1.54) is 0 Å². The summed E-state index contributed by atoms with van der Waals surface area (Å²) in [7, 11) is -3.06. The molecule has 6 rings (SSSR count). The van der Waals surface area contributed by atoms with E-state index in [0.29, 0.717) is 54.3 Å². The van der Waals surface area contributed by atoms with E-state index >= 15 is 0 Å². The van der Waals surface area contributed by atoms with Crippen molar-refractivity contribution in [3.63, 3.8) is 0 Å². The molecule has 2 aromatic carbocycles. The zero-order valence-electron chi connectivity index (χ0n) is 42.6. The van der Waals surface area contributed by atoms with E-state index in [0.717, 1.165) is 51.0 Å². The van der Waals surface area contributed by atoms with Crippen LogP contribution in [0, 0.1) is 6.92 Å². The van der Waals surface area contributed by atoms with Crippen LogP contribution in [0.3, 0.4) is 0 Å². The molecular formula is C51H62F3N7O14S. The lowest BCUT2D eigenvalue weighted by atomic mass is 9.90. The number of carbonyl (C=O) groups excluding carboxylic acids is 8. The number of alkyl halides is 3. The van der Waals surface area contributed by atoms with E-state index < -0.39 is 63.7 Å². The summed E-state index contributed by atoms with van der Waals surface area (Å²) in [5.74, 6) is -7.42. The Morgan fingerprint density at radius 2 is 1.49 bits per heavy atom. The second-order valence-electron chi connectivity index (χ2n) is 18.3. The summed E-state index contributed by atoms with van der Waals surface area (Å²) in [4.78, 5) is 107. The zero-order chi connectivity index (χ0) is 55.9. The second kappa shape index (κ2) is 27.0. The fourth-order valence-electron chi connectivity index (χ4n) is 8.64. The van der Waals surface area contributed by atoms with Crippen molar-refractivity contribution in [3.05, 3.63) is 77.1 Å². The first-order chi connectivity index (χ1) is 35.9. The number of quaternary nitrogens is 1. The summed E-state index contributed by atoms with van der Waals surface area (Å²) >= 11 is 0. The van der Waals surface area contributed by atoms with Gasteiger partial charge in [0.1, 0.15) is 36.4 Å². The molecule has 76 heavy (non-hydrogen) atoms. The Bertz CT molecular complexity index is 2940. The molecule has 3 aliphatic heterocycles. The number of hydroxylamine groups is 2. The van der Waals surface area contributed by atoms with Gasteiger partial charge in [-0.3, -0.25) is 28.8 Å². The van der Waals surface area contributed by atoms with Crippen molar-refractivity contribution in [2.24, 2.45) is 0 Å². The maximum atomic E-state index is 14.3. The number of hydrogen-bond acceptors (Lipinski definition) is 14. The van der Waals surface area contributed by atoms with Gasteiger partial charge < -0.3 is 49.0 Å². The van der Waals surface area contributed by atoms with Gasteiger partial charge in [-0.05, 0) is 69.4 Å². The first-order valence-electron chi connectivity index (χ1n) is 24.8. The third kappa shape index (κ3) is 16.9. The number of nitrogens with one attached hydrogen (secondary N) is 3. The average Bonchev–Trinajstić information content (AvgIpc) is 3.70. The second-order valence-corrected chi connectivity index (χ2v) is 19.7. The number of piperazine rings is 1. The van der Waals surface area contributed by atoms with Crippen molar-refractivity contribution in [1.29, 1.82) is 0 Å². The van der Waals surface area contributed by atoms with Crippen LogP contribution in [0.1, 0.15) is 81.1 Å². The van der Waals surface area contributed by atoms with Crippen LogP contribution in [0.25, 0.3) is 33.4 Å². The minimum absolute atomic E-state index is 0.0183. The van der Waals surface area contributed by atoms with Crippen LogP contribution < -0.4 is 30.6 Å². The van der Waals surface area contributed by atoms with Crippen molar-refractivity contribution in [1.82, 2.24) is 30.1 Å². The molecule has 21 nitrogen and oxygen atoms in total. The largest absolute Gasteiger partial charge is 0.748 e. The molecule has 0 aromatic heterocycles. The number of benzene rings is 3. The third-order valence-corrected chi connectivity index (χ3v) is 13.4. The summed E-state index contributed by atoms with van der Waals surface area (Å²) in [6.45, 7) is 9.99. The number of amides is 6. The van der Waals surface area contributed by atoms with E-state index in [2.05, 4.69) is 35.1 Å². The van der Waals surface area contributed by atoms with Gasteiger partial charge in [-0.15, -0.1) is 5.06 Å². The van der Waals surface area contributed by atoms with Gasteiger partial charge in [-0.25, -0.2) is 17.8 Å². The number of carboxylic acids is 1. The Kier molecular flexibility index (Phi) is 21.2. The summed E-state index contributed by atoms with van der Waals surface area (Å²) < 4.78 is 75.3. The Hall–Kier alpha value is -7.25. The summed E-state index contributed by atoms with van der Waals surface area (Å²) in [5, 5.41) is 16.1. The Morgan fingerprint density at radius 1 is 0.842 bits per heavy atom. The maximum absolute atomic E-state index is 14.3. The van der Waals surface area contributed by atoms with Gasteiger partial charge in [-0.2, -0.15) is 13.2 Å². The molecule has 0 bridgehead atoms. The molecule has 1 aliphatic carbocycles. The van der Waals surface area contributed by atoms with Gasteiger partial charge in [0.2, 0.25) is 23.1 Å². The standard InChI is InChI=1S/C49H61N7O12S.C2HF3O2/c1-5-53(6-2)34-16-18-38-41(31-34)67-40-30-33(3)15-17-37(40)47(38)35-12-9-10-13-36(35)49(63)55-28-26-54(27-29-55)43(58)20-19-42(57)51-39(32-69(64,65)66)48(62)50-23-25-52(4)24-11-7-8-14-46(61)68-56-44(59)21-22-45(56)60;3-2(4,5)1(6)7/h9-10,12-13,15-18,30-31,39H,5-8,11,14,19-29,32H2,1-4H3,(H2-,50,51,57,62,64,65,66);(H,6,7). The molecule has 6 amide bonds. The number of likely N-dealkylation sites (N-methyl/N-ethyl adjacent to an activating group) is 1. The van der Waals surface area contributed by atoms with Crippen molar-refractivity contribution < 1.29 is 83.8 Å². The van der Waals surface area contributed by atoms with Crippen molar-refractivity contribution >= 4 is 68.5 Å². The van der Waals surface area contributed by atoms with Crippen LogP contribution >= 0.6 is 0 Å². The van der Waals surface area contributed by atoms with Crippen LogP contribution in [0.15, 0.2) is 65.1 Å². The van der Waals surface area contributed by atoms with E-state index in [4.69, 9.17) is 19.2 Å². The van der Waals surface area contributed by atoms with Gasteiger partial charge in [0.15, 0.2) is 0 Å². The van der Waals surface area contributed by atoms with Gasteiger partial charge in [0.25, 0.3) is 17.7 Å². The molecule has 412 valence electrons. The highest BCUT2D eigenvalue weighted by Gasteiger charge is 2.33. The Labute approximate surface area is 436 Å². The fourth-order valence-corrected chi connectivity index (χ4v) is 9.28. The van der Waals surface area contributed by atoms with E-state index in [9.17, 15) is 59.7 Å². The van der Waals surface area contributed by atoms with E-state index in [1.54, 1.807) is 9.80 Å². The molecule has 4 aliphatic rings. The first-order valence-corrected chi connectivity index (χ1v) is 26.4. The molecule has 2 saturated heterocycles. The average molecular weight is 1090 g/mol. The van der Waals surface area contributed by atoms with Crippen molar-refractivity contribution in [2.75, 3.05) is 71.7 Å². The van der Waals surface area contributed by atoms with Crippen molar-refractivity contribution in [2.45, 2.75) is 84.4 Å². The van der Waals surface area contributed by atoms with Gasteiger partial charge >= 0.3 is 12.1 Å². The molecular weight excluding hydrogens is 1020 g/mol. The first kappa shape index (κ1) is 59.6. The molecule has 2 unspecified atom stereocenters. The molecule has 2 fully saturated rings. The van der Waals surface area contributed by atoms with E-state index in [-0.39, 0.29) is 76.6 Å². The molecule has 2 atom stereocenters. The fraction of sp³-hybridized carbons (Fsp3) is 0.471. The molecule has 3 N–H and O–H groups in total. The molecule has 3 heterocycles. The highest BCUT2D eigenvalue weighted by atomic mass is 32.2. The lowest BCUT2D eigenvalue weighted by Crippen LogP contribution is -3.09.